The molecule has 0 aliphatic carbocycles. The first kappa shape index (κ1) is 19.3. The van der Waals surface area contributed by atoms with Gasteiger partial charge in [-0.25, -0.2) is 0 Å². The lowest BCUT2D eigenvalue weighted by Gasteiger charge is -2.37. The minimum atomic E-state index is 0.367. The van der Waals surface area contributed by atoms with Crippen LogP contribution < -0.4 is 10.6 Å². The van der Waals surface area contributed by atoms with Crippen LogP contribution in [0.1, 0.15) is 23.4 Å². The molecular formula is C20H28N4S2. The van der Waals surface area contributed by atoms with Crippen LogP contribution in [0.3, 0.4) is 0 Å². The van der Waals surface area contributed by atoms with Crippen LogP contribution in [-0.4, -0.2) is 54.7 Å². The zero-order valence-electron chi connectivity index (χ0n) is 15.6. The Kier molecular flexibility index (Phi) is 7.02. The van der Waals surface area contributed by atoms with E-state index in [1.165, 1.54) is 10.4 Å². The topological polar surface area (TPSA) is 30.5 Å². The van der Waals surface area contributed by atoms with Crippen LogP contribution in [0.5, 0.6) is 0 Å². The van der Waals surface area contributed by atoms with Gasteiger partial charge in [-0.15, -0.1) is 11.3 Å². The molecule has 2 heterocycles. The molecule has 6 heteroatoms. The summed E-state index contributed by atoms with van der Waals surface area (Å²) < 4.78 is 0. The number of rotatable bonds is 6. The van der Waals surface area contributed by atoms with Gasteiger partial charge in [0, 0.05) is 43.3 Å². The number of anilines is 1. The lowest BCUT2D eigenvalue weighted by atomic mass is 10.1. The second kappa shape index (κ2) is 9.46. The summed E-state index contributed by atoms with van der Waals surface area (Å²) in [5, 5.41) is 9.57. The van der Waals surface area contributed by atoms with E-state index in [0.717, 1.165) is 44.8 Å². The number of benzene rings is 1. The van der Waals surface area contributed by atoms with Crippen molar-refractivity contribution >= 4 is 34.4 Å². The third-order valence-corrected chi connectivity index (χ3v) is 6.15. The number of nitrogens with one attached hydrogen (secondary N) is 2. The number of thiophene rings is 1. The molecule has 1 aromatic carbocycles. The van der Waals surface area contributed by atoms with Crippen molar-refractivity contribution in [3.63, 3.8) is 0 Å². The Morgan fingerprint density at radius 2 is 1.88 bits per heavy atom. The van der Waals surface area contributed by atoms with Crippen molar-refractivity contribution in [2.24, 2.45) is 0 Å². The molecule has 0 spiro atoms. The maximum Gasteiger partial charge on any atom is 0.170 e. The third-order valence-electron chi connectivity index (χ3n) is 4.93. The zero-order valence-corrected chi connectivity index (χ0v) is 17.2. The average Bonchev–Trinajstić information content (AvgIpc) is 3.18. The molecule has 140 valence electrons. The molecule has 1 atom stereocenters. The van der Waals surface area contributed by atoms with Crippen LogP contribution in [0.2, 0.25) is 0 Å². The molecule has 1 saturated heterocycles. The molecule has 1 aromatic heterocycles. The van der Waals surface area contributed by atoms with Crippen molar-refractivity contribution in [2.45, 2.75) is 19.4 Å². The van der Waals surface area contributed by atoms with E-state index in [0.29, 0.717) is 11.2 Å². The first-order chi connectivity index (χ1) is 12.7. The highest BCUT2D eigenvalue weighted by Gasteiger charge is 2.24. The molecule has 0 saturated carbocycles. The van der Waals surface area contributed by atoms with Crippen LogP contribution in [0.15, 0.2) is 41.8 Å². The Bertz CT molecular complexity index is 676. The van der Waals surface area contributed by atoms with E-state index in [2.05, 4.69) is 76.2 Å². The normalized spacial score (nSPS) is 17.0. The van der Waals surface area contributed by atoms with Gasteiger partial charge in [0.1, 0.15) is 0 Å². The molecule has 0 bridgehead atoms. The quantitative estimate of drug-likeness (QED) is 0.739. The van der Waals surface area contributed by atoms with Gasteiger partial charge in [-0.3, -0.25) is 4.90 Å². The molecule has 2 aromatic rings. The van der Waals surface area contributed by atoms with E-state index in [4.69, 9.17) is 12.2 Å². The summed E-state index contributed by atoms with van der Waals surface area (Å²) in [7, 11) is 2.19. The second-order valence-corrected chi connectivity index (χ2v) is 8.14. The van der Waals surface area contributed by atoms with E-state index in [-0.39, 0.29) is 0 Å². The van der Waals surface area contributed by atoms with Gasteiger partial charge in [0.05, 0.1) is 6.04 Å². The Hall–Kier alpha value is -1.47. The van der Waals surface area contributed by atoms with Crippen LogP contribution in [0.4, 0.5) is 5.69 Å². The number of likely N-dealkylation sites (N-methyl/N-ethyl adjacent to an activating group) is 1. The highest BCUT2D eigenvalue weighted by Crippen LogP contribution is 2.25. The van der Waals surface area contributed by atoms with Gasteiger partial charge < -0.3 is 15.5 Å². The van der Waals surface area contributed by atoms with Crippen LogP contribution >= 0.6 is 23.6 Å². The number of aryl methyl sites for hydroxylation is 1. The van der Waals surface area contributed by atoms with Gasteiger partial charge in [-0.05, 0) is 54.8 Å². The summed E-state index contributed by atoms with van der Waals surface area (Å²) in [5.41, 5.74) is 2.37. The number of piperazine rings is 1. The lowest BCUT2D eigenvalue weighted by Crippen LogP contribution is -2.48. The van der Waals surface area contributed by atoms with Crippen LogP contribution in [0.25, 0.3) is 0 Å². The second-order valence-electron chi connectivity index (χ2n) is 6.76. The maximum atomic E-state index is 5.52. The molecular weight excluding hydrogens is 360 g/mol. The monoisotopic (exact) mass is 388 g/mol. The predicted octanol–water partition coefficient (Wildman–Crippen LogP) is 3.59. The summed E-state index contributed by atoms with van der Waals surface area (Å²) in [6.45, 7) is 7.42. The fraction of sp³-hybridized carbons (Fsp3) is 0.450. The van der Waals surface area contributed by atoms with E-state index >= 15 is 0 Å². The summed E-state index contributed by atoms with van der Waals surface area (Å²) in [4.78, 5) is 6.36. The Morgan fingerprint density at radius 1 is 1.15 bits per heavy atom. The van der Waals surface area contributed by atoms with Gasteiger partial charge in [-0.2, -0.15) is 0 Å². The summed E-state index contributed by atoms with van der Waals surface area (Å²) in [6, 6.07) is 13.2. The van der Waals surface area contributed by atoms with Gasteiger partial charge in [-0.1, -0.05) is 25.1 Å². The highest BCUT2D eigenvalue weighted by molar-refractivity contribution is 7.80. The SMILES string of the molecule is CCc1ccc(NC(=S)NCC(c2cccs2)N2CCN(C)CC2)cc1. The first-order valence-electron chi connectivity index (χ1n) is 9.25. The molecule has 0 amide bonds. The Balaban J connectivity index is 1.57. The van der Waals surface area contributed by atoms with E-state index in [1.54, 1.807) is 0 Å². The first-order valence-corrected chi connectivity index (χ1v) is 10.5. The molecule has 1 aliphatic rings. The number of nitrogens with zero attached hydrogens (tertiary/aromatic N) is 2. The minimum absolute atomic E-state index is 0.367. The minimum Gasteiger partial charge on any atom is -0.360 e. The predicted molar refractivity (Wildman–Crippen MR) is 116 cm³/mol. The van der Waals surface area contributed by atoms with Crippen molar-refractivity contribution < 1.29 is 0 Å². The van der Waals surface area contributed by atoms with Gasteiger partial charge in [0.25, 0.3) is 0 Å². The number of thiocarbonyl (C=S) groups is 1. The molecule has 2 N–H and O–H groups in total. The Morgan fingerprint density at radius 3 is 2.50 bits per heavy atom. The molecule has 1 fully saturated rings. The third kappa shape index (κ3) is 5.27. The highest BCUT2D eigenvalue weighted by atomic mass is 32.1. The lowest BCUT2D eigenvalue weighted by molar-refractivity contribution is 0.114. The van der Waals surface area contributed by atoms with Gasteiger partial charge in [0.2, 0.25) is 0 Å². The largest absolute Gasteiger partial charge is 0.360 e. The van der Waals surface area contributed by atoms with E-state index < -0.39 is 0 Å². The van der Waals surface area contributed by atoms with Crippen LogP contribution in [0, 0.1) is 0 Å². The van der Waals surface area contributed by atoms with Crippen molar-refractivity contribution in [2.75, 3.05) is 45.1 Å². The molecule has 26 heavy (non-hydrogen) atoms. The maximum absolute atomic E-state index is 5.52. The van der Waals surface area contributed by atoms with Crippen molar-refractivity contribution in [3.8, 4) is 0 Å². The zero-order chi connectivity index (χ0) is 18.4. The van der Waals surface area contributed by atoms with Crippen molar-refractivity contribution in [1.82, 2.24) is 15.1 Å². The van der Waals surface area contributed by atoms with Gasteiger partial charge >= 0.3 is 0 Å². The summed E-state index contributed by atoms with van der Waals surface area (Å²) in [6.07, 6.45) is 1.05. The molecule has 1 aliphatic heterocycles. The molecule has 1 unspecified atom stereocenters. The number of hydrogen-bond acceptors (Lipinski definition) is 4. The van der Waals surface area contributed by atoms with Gasteiger partial charge in [0.15, 0.2) is 5.11 Å². The van der Waals surface area contributed by atoms with Crippen molar-refractivity contribution in [3.05, 3.63) is 52.2 Å². The van der Waals surface area contributed by atoms with E-state index in [1.807, 2.05) is 11.3 Å². The summed E-state index contributed by atoms with van der Waals surface area (Å²) in [5.74, 6) is 0. The summed E-state index contributed by atoms with van der Waals surface area (Å²) >= 11 is 7.35. The smallest absolute Gasteiger partial charge is 0.170 e. The average molecular weight is 389 g/mol. The molecule has 0 radical (unpaired) electrons. The molecule has 3 rings (SSSR count). The fourth-order valence-electron chi connectivity index (χ4n) is 3.21. The number of hydrogen-bond donors (Lipinski definition) is 2. The van der Waals surface area contributed by atoms with Crippen molar-refractivity contribution in [1.29, 1.82) is 0 Å². The van der Waals surface area contributed by atoms with Crippen LogP contribution in [-0.2, 0) is 6.42 Å². The standard InChI is InChI=1S/C20H28N4S2/c1-3-16-6-8-17(9-7-16)22-20(25)21-15-18(19-5-4-14-26-19)24-12-10-23(2)11-13-24/h4-9,14,18H,3,10-13,15H2,1-2H3,(H2,21,22,25). The Labute approximate surface area is 166 Å². The molecule has 4 nitrogen and oxygen atoms in total. The van der Waals surface area contributed by atoms with E-state index in [9.17, 15) is 0 Å². The fourth-order valence-corrected chi connectivity index (χ4v) is 4.27.